The summed E-state index contributed by atoms with van der Waals surface area (Å²) in [6, 6.07) is 31.4. The molecule has 0 saturated carbocycles. The van der Waals surface area contributed by atoms with E-state index >= 15 is 0 Å². The van der Waals surface area contributed by atoms with Gasteiger partial charge in [-0.05, 0) is 86.2 Å². The Hall–Kier alpha value is -6.67. The molecule has 56 heavy (non-hydrogen) atoms. The lowest BCUT2D eigenvalue weighted by molar-refractivity contribution is -0.135. The van der Waals surface area contributed by atoms with Crippen LogP contribution >= 0.6 is 0 Å². The summed E-state index contributed by atoms with van der Waals surface area (Å²) in [4.78, 5) is 56.2. The maximum absolute atomic E-state index is 13.9. The van der Waals surface area contributed by atoms with Crippen molar-refractivity contribution in [3.8, 4) is 23.2 Å². The number of hydrogen-bond acceptors (Lipinski definition) is 7. The summed E-state index contributed by atoms with van der Waals surface area (Å²) in [5.74, 6) is 8.06. The first kappa shape index (κ1) is 36.3. The van der Waals surface area contributed by atoms with E-state index < -0.39 is 12.1 Å². The van der Waals surface area contributed by atoms with E-state index in [1.54, 1.807) is 11.1 Å². The third kappa shape index (κ3) is 7.51. The first-order valence-electron chi connectivity index (χ1n) is 19.0. The van der Waals surface area contributed by atoms with Crippen LogP contribution in [0.15, 0.2) is 114 Å². The van der Waals surface area contributed by atoms with Gasteiger partial charge in [0.25, 0.3) is 5.91 Å². The second-order valence-corrected chi connectivity index (χ2v) is 14.2. The van der Waals surface area contributed by atoms with E-state index in [1.807, 2.05) is 115 Å². The standard InChI is InChI=1S/C45H42N6O5/c1-29(32-11-5-3-6-12-32)43(52)51-26-10-16-38(51)42-46-28-39(56-42)33-22-19-30(20-23-33)17-18-31-21-24-35-36(27-31)48-41(47-35)37-15-9-25-50(37)44(53)40(49-45(54)55-2)34-13-7-4-8-14-34/h3-8,11-14,19-24,27-29,37-38,40H,9-10,15-16,25-26H2,1-2H3,(H,47,48)(H,49,54)/t29-,37+,38+,40-/m1/s1. The first-order valence-corrected chi connectivity index (χ1v) is 19.0. The highest BCUT2D eigenvalue weighted by Gasteiger charge is 2.38. The van der Waals surface area contributed by atoms with Crippen LogP contribution in [0.25, 0.3) is 22.4 Å². The van der Waals surface area contributed by atoms with Crippen molar-refractivity contribution in [2.45, 2.75) is 56.7 Å². The molecule has 11 heteroatoms. The average Bonchev–Trinajstić information content (AvgIpc) is 4.08. The fourth-order valence-corrected chi connectivity index (χ4v) is 7.71. The zero-order valence-corrected chi connectivity index (χ0v) is 31.3. The number of aromatic nitrogens is 3. The number of carbonyl (C=O) groups is 3. The molecule has 282 valence electrons. The van der Waals surface area contributed by atoms with Crippen LogP contribution in [0, 0.1) is 11.8 Å². The van der Waals surface area contributed by atoms with Crippen molar-refractivity contribution in [3.05, 3.63) is 143 Å². The lowest BCUT2D eigenvalue weighted by atomic mass is 9.99. The quantitative estimate of drug-likeness (QED) is 0.152. The number of amides is 3. The van der Waals surface area contributed by atoms with Crippen molar-refractivity contribution in [1.82, 2.24) is 30.1 Å². The van der Waals surface area contributed by atoms with E-state index in [0.717, 1.165) is 59.0 Å². The number of oxazole rings is 1. The minimum atomic E-state index is -0.882. The van der Waals surface area contributed by atoms with Gasteiger partial charge in [0.15, 0.2) is 5.76 Å². The number of fused-ring (bicyclic) bond motifs is 1. The van der Waals surface area contributed by atoms with Crippen molar-refractivity contribution >= 4 is 28.9 Å². The Morgan fingerprint density at radius 1 is 0.821 bits per heavy atom. The number of carbonyl (C=O) groups excluding carboxylic acids is 3. The van der Waals surface area contributed by atoms with Gasteiger partial charge in [0.2, 0.25) is 11.8 Å². The van der Waals surface area contributed by atoms with Crippen LogP contribution in [-0.2, 0) is 14.3 Å². The van der Waals surface area contributed by atoms with E-state index in [0.29, 0.717) is 36.1 Å². The molecule has 2 aliphatic rings. The normalized spacial score (nSPS) is 17.6. The van der Waals surface area contributed by atoms with E-state index in [-0.39, 0.29) is 29.8 Å². The molecule has 6 aromatic rings. The summed E-state index contributed by atoms with van der Waals surface area (Å²) < 4.78 is 11.1. The van der Waals surface area contributed by atoms with Crippen molar-refractivity contribution in [3.63, 3.8) is 0 Å². The van der Waals surface area contributed by atoms with Gasteiger partial charge in [-0.2, -0.15) is 0 Å². The summed E-state index contributed by atoms with van der Waals surface area (Å²) >= 11 is 0. The molecule has 2 N–H and O–H groups in total. The Balaban J connectivity index is 0.939. The van der Waals surface area contributed by atoms with Crippen LogP contribution in [0.2, 0.25) is 0 Å². The third-order valence-electron chi connectivity index (χ3n) is 10.7. The Bertz CT molecular complexity index is 2410. The van der Waals surface area contributed by atoms with Gasteiger partial charge in [-0.15, -0.1) is 0 Å². The van der Waals surface area contributed by atoms with Gasteiger partial charge < -0.3 is 29.3 Å². The van der Waals surface area contributed by atoms with Gasteiger partial charge in [0, 0.05) is 29.8 Å². The predicted octanol–water partition coefficient (Wildman–Crippen LogP) is 7.85. The largest absolute Gasteiger partial charge is 0.453 e. The molecule has 0 radical (unpaired) electrons. The molecule has 2 aliphatic heterocycles. The first-order chi connectivity index (χ1) is 27.4. The van der Waals surface area contributed by atoms with Crippen molar-refractivity contribution < 1.29 is 23.5 Å². The number of aromatic amines is 1. The fourth-order valence-electron chi connectivity index (χ4n) is 7.71. The summed E-state index contributed by atoms with van der Waals surface area (Å²) in [6.07, 6.45) is 4.34. The highest BCUT2D eigenvalue weighted by Crippen LogP contribution is 2.37. The van der Waals surface area contributed by atoms with Gasteiger partial charge in [0.1, 0.15) is 17.9 Å². The number of benzene rings is 4. The van der Waals surface area contributed by atoms with E-state index in [4.69, 9.17) is 14.1 Å². The molecule has 2 saturated heterocycles. The Kier molecular flexibility index (Phi) is 10.4. The lowest BCUT2D eigenvalue weighted by Gasteiger charge is -2.28. The molecular formula is C45H42N6O5. The molecule has 0 aliphatic carbocycles. The molecular weight excluding hydrogens is 705 g/mol. The number of imidazole rings is 1. The summed E-state index contributed by atoms with van der Waals surface area (Å²) in [5, 5.41) is 2.71. The van der Waals surface area contributed by atoms with Crippen LogP contribution in [0.1, 0.15) is 90.6 Å². The molecule has 4 aromatic carbocycles. The zero-order valence-electron chi connectivity index (χ0n) is 31.3. The Morgan fingerprint density at radius 2 is 1.46 bits per heavy atom. The maximum Gasteiger partial charge on any atom is 0.407 e. The van der Waals surface area contributed by atoms with Crippen LogP contribution in [0.4, 0.5) is 4.79 Å². The lowest BCUT2D eigenvalue weighted by Crippen LogP contribution is -2.42. The topological polar surface area (TPSA) is 134 Å². The molecule has 2 aromatic heterocycles. The van der Waals surface area contributed by atoms with Crippen molar-refractivity contribution in [2.75, 3.05) is 20.2 Å². The van der Waals surface area contributed by atoms with Gasteiger partial charge >= 0.3 is 6.09 Å². The molecule has 2 fully saturated rings. The number of alkyl carbamates (subject to hydrolysis) is 1. The minimum Gasteiger partial charge on any atom is -0.453 e. The van der Waals surface area contributed by atoms with Gasteiger partial charge in [0.05, 0.1) is 36.3 Å². The van der Waals surface area contributed by atoms with Crippen LogP contribution in [-0.4, -0.2) is 62.9 Å². The minimum absolute atomic E-state index is 0.0875. The van der Waals surface area contributed by atoms with Crippen LogP contribution in [0.5, 0.6) is 0 Å². The number of nitrogens with zero attached hydrogens (tertiary/aromatic N) is 4. The third-order valence-corrected chi connectivity index (χ3v) is 10.7. The second kappa shape index (κ2) is 16.0. The number of likely N-dealkylation sites (tertiary alicyclic amines) is 2. The van der Waals surface area contributed by atoms with Crippen LogP contribution in [0.3, 0.4) is 0 Å². The average molecular weight is 747 g/mol. The van der Waals surface area contributed by atoms with Gasteiger partial charge in [-0.25, -0.2) is 14.8 Å². The molecule has 4 atom stereocenters. The number of methoxy groups -OCH3 is 1. The van der Waals surface area contributed by atoms with Crippen molar-refractivity contribution in [1.29, 1.82) is 0 Å². The Morgan fingerprint density at radius 3 is 2.18 bits per heavy atom. The Labute approximate surface area is 325 Å². The monoisotopic (exact) mass is 746 g/mol. The smallest absolute Gasteiger partial charge is 0.407 e. The van der Waals surface area contributed by atoms with Crippen LogP contribution < -0.4 is 5.32 Å². The SMILES string of the molecule is COC(=O)N[C@@H](C(=O)N1CCC[C@H]1c1nc2ccc(C#Cc3ccc(-c4cnc([C@@H]5CCCN5C(=O)[C@H](C)c5ccccc5)o4)cc3)cc2[nH]1)c1ccccc1. The molecule has 4 heterocycles. The second-order valence-electron chi connectivity index (χ2n) is 14.2. The molecule has 0 bridgehead atoms. The maximum atomic E-state index is 13.9. The van der Waals surface area contributed by atoms with Gasteiger partial charge in [-0.3, -0.25) is 9.59 Å². The predicted molar refractivity (Wildman–Crippen MR) is 211 cm³/mol. The van der Waals surface area contributed by atoms with E-state index in [1.165, 1.54) is 7.11 Å². The highest BCUT2D eigenvalue weighted by atomic mass is 16.5. The number of hydrogen-bond donors (Lipinski definition) is 2. The van der Waals surface area contributed by atoms with Crippen molar-refractivity contribution in [2.24, 2.45) is 0 Å². The summed E-state index contributed by atoms with van der Waals surface area (Å²) in [5.41, 5.74) is 5.83. The fraction of sp³-hybridized carbons (Fsp3) is 0.267. The highest BCUT2D eigenvalue weighted by molar-refractivity contribution is 5.88. The number of rotatable bonds is 8. The van der Waals surface area contributed by atoms with E-state index in [9.17, 15) is 14.4 Å². The van der Waals surface area contributed by atoms with Gasteiger partial charge in [-0.1, -0.05) is 72.5 Å². The number of nitrogens with one attached hydrogen (secondary N) is 2. The number of ether oxygens (including phenoxy) is 1. The van der Waals surface area contributed by atoms with E-state index in [2.05, 4.69) is 27.1 Å². The summed E-state index contributed by atoms with van der Waals surface area (Å²) in [7, 11) is 1.28. The molecule has 0 unspecified atom stereocenters. The number of H-pyrrole nitrogens is 1. The molecule has 11 nitrogen and oxygen atoms in total. The molecule has 0 spiro atoms. The zero-order chi connectivity index (χ0) is 38.6. The summed E-state index contributed by atoms with van der Waals surface area (Å²) in [6.45, 7) is 3.19. The molecule has 8 rings (SSSR count). The molecule has 3 amide bonds.